The standard InChI is InChI=1S/C14H12ClF2NO2/c1-20-12-6-9(15)5-8(14(12)19)7-18-13-10(16)3-2-4-11(13)17/h2-6,18-19H,7H2,1H3. The van der Waals surface area contributed by atoms with Crippen LogP contribution in [0.5, 0.6) is 11.5 Å². The van der Waals surface area contributed by atoms with Gasteiger partial charge in [-0.05, 0) is 18.2 Å². The van der Waals surface area contributed by atoms with Gasteiger partial charge in [-0.2, -0.15) is 0 Å². The second kappa shape index (κ2) is 5.96. The number of aromatic hydroxyl groups is 1. The summed E-state index contributed by atoms with van der Waals surface area (Å²) in [5.74, 6) is -1.35. The quantitative estimate of drug-likeness (QED) is 0.898. The molecule has 0 saturated carbocycles. The molecular formula is C14H12ClF2NO2. The van der Waals surface area contributed by atoms with Crippen LogP contribution >= 0.6 is 11.6 Å². The average Bonchev–Trinajstić information content (AvgIpc) is 2.41. The lowest BCUT2D eigenvalue weighted by molar-refractivity contribution is 0.371. The predicted molar refractivity (Wildman–Crippen MR) is 73.4 cm³/mol. The third-order valence-corrected chi connectivity index (χ3v) is 2.98. The van der Waals surface area contributed by atoms with Crippen LogP contribution in [0.2, 0.25) is 5.02 Å². The Morgan fingerprint density at radius 1 is 1.25 bits per heavy atom. The molecule has 2 aromatic carbocycles. The monoisotopic (exact) mass is 299 g/mol. The van der Waals surface area contributed by atoms with Gasteiger partial charge >= 0.3 is 0 Å². The molecule has 0 saturated heterocycles. The molecule has 20 heavy (non-hydrogen) atoms. The second-order valence-electron chi connectivity index (χ2n) is 4.07. The first-order chi connectivity index (χ1) is 9.52. The molecule has 0 heterocycles. The van der Waals surface area contributed by atoms with Crippen molar-refractivity contribution in [3.8, 4) is 11.5 Å². The Kier molecular flexibility index (Phi) is 4.29. The van der Waals surface area contributed by atoms with Crippen molar-refractivity contribution in [1.82, 2.24) is 0 Å². The van der Waals surface area contributed by atoms with E-state index in [2.05, 4.69) is 5.32 Å². The number of nitrogens with one attached hydrogen (secondary N) is 1. The third-order valence-electron chi connectivity index (χ3n) is 2.76. The average molecular weight is 300 g/mol. The molecule has 0 aliphatic carbocycles. The third kappa shape index (κ3) is 2.93. The number of halogens is 3. The van der Waals surface area contributed by atoms with Crippen LogP contribution in [0.25, 0.3) is 0 Å². The summed E-state index contributed by atoms with van der Waals surface area (Å²) >= 11 is 5.88. The lowest BCUT2D eigenvalue weighted by Gasteiger charge is -2.12. The Bertz CT molecular complexity index is 615. The molecule has 2 rings (SSSR count). The van der Waals surface area contributed by atoms with E-state index in [1.165, 1.54) is 25.3 Å². The first-order valence-electron chi connectivity index (χ1n) is 5.76. The van der Waals surface area contributed by atoms with E-state index in [-0.39, 0.29) is 23.7 Å². The van der Waals surface area contributed by atoms with Crippen molar-refractivity contribution in [1.29, 1.82) is 0 Å². The molecular weight excluding hydrogens is 288 g/mol. The van der Waals surface area contributed by atoms with E-state index in [9.17, 15) is 13.9 Å². The van der Waals surface area contributed by atoms with Crippen LogP contribution in [0.3, 0.4) is 0 Å². The van der Waals surface area contributed by atoms with Gasteiger partial charge < -0.3 is 15.2 Å². The number of methoxy groups -OCH3 is 1. The van der Waals surface area contributed by atoms with Crippen molar-refractivity contribution >= 4 is 17.3 Å². The lowest BCUT2D eigenvalue weighted by Crippen LogP contribution is -2.04. The molecule has 0 aliphatic rings. The summed E-state index contributed by atoms with van der Waals surface area (Å²) in [7, 11) is 1.39. The fourth-order valence-corrected chi connectivity index (χ4v) is 2.00. The topological polar surface area (TPSA) is 41.5 Å². The molecule has 6 heteroatoms. The number of anilines is 1. The van der Waals surface area contributed by atoms with E-state index in [1.807, 2.05) is 0 Å². The van der Waals surface area contributed by atoms with E-state index < -0.39 is 11.6 Å². The van der Waals surface area contributed by atoms with Crippen molar-refractivity contribution in [3.63, 3.8) is 0 Å². The van der Waals surface area contributed by atoms with Crippen LogP contribution in [0.1, 0.15) is 5.56 Å². The predicted octanol–water partition coefficient (Wildman–Crippen LogP) is 3.94. The first kappa shape index (κ1) is 14.4. The molecule has 106 valence electrons. The summed E-state index contributed by atoms with van der Waals surface area (Å²) in [6.45, 7) is 0.000602. The van der Waals surface area contributed by atoms with Crippen molar-refractivity contribution in [3.05, 3.63) is 52.6 Å². The lowest BCUT2D eigenvalue weighted by atomic mass is 10.1. The molecule has 0 amide bonds. The van der Waals surface area contributed by atoms with Crippen LogP contribution in [0, 0.1) is 11.6 Å². The number of rotatable bonds is 4. The van der Waals surface area contributed by atoms with Crippen LogP contribution in [0.4, 0.5) is 14.5 Å². The molecule has 3 nitrogen and oxygen atoms in total. The van der Waals surface area contributed by atoms with E-state index in [1.54, 1.807) is 0 Å². The summed E-state index contributed by atoms with van der Waals surface area (Å²) < 4.78 is 31.9. The van der Waals surface area contributed by atoms with Crippen LogP contribution in [-0.4, -0.2) is 12.2 Å². The SMILES string of the molecule is COc1cc(Cl)cc(CNc2c(F)cccc2F)c1O. The number of ether oxygens (including phenoxy) is 1. The number of hydrogen-bond acceptors (Lipinski definition) is 3. The summed E-state index contributed by atoms with van der Waals surface area (Å²) in [6.07, 6.45) is 0. The van der Waals surface area contributed by atoms with Crippen molar-refractivity contribution in [2.45, 2.75) is 6.54 Å². The molecule has 0 radical (unpaired) electrons. The molecule has 0 fully saturated rings. The van der Waals surface area contributed by atoms with Gasteiger partial charge in [0.05, 0.1) is 7.11 Å². The van der Waals surface area contributed by atoms with Crippen molar-refractivity contribution in [2.75, 3.05) is 12.4 Å². The molecule has 0 aliphatic heterocycles. The summed E-state index contributed by atoms with van der Waals surface area (Å²) in [4.78, 5) is 0. The first-order valence-corrected chi connectivity index (χ1v) is 6.14. The van der Waals surface area contributed by atoms with Gasteiger partial charge in [0.15, 0.2) is 11.5 Å². The Labute approximate surface area is 119 Å². The molecule has 0 unspecified atom stereocenters. The number of benzene rings is 2. The Hall–Kier alpha value is -2.01. The second-order valence-corrected chi connectivity index (χ2v) is 4.50. The summed E-state index contributed by atoms with van der Waals surface area (Å²) in [6, 6.07) is 6.50. The van der Waals surface area contributed by atoms with Crippen LogP contribution in [-0.2, 0) is 6.54 Å². The zero-order valence-electron chi connectivity index (χ0n) is 10.6. The minimum absolute atomic E-state index is 0.000602. The number of phenolic OH excluding ortho intramolecular Hbond substituents is 1. The van der Waals surface area contributed by atoms with Gasteiger partial charge in [-0.1, -0.05) is 17.7 Å². The van der Waals surface area contributed by atoms with Gasteiger partial charge in [-0.15, -0.1) is 0 Å². The van der Waals surface area contributed by atoms with Gasteiger partial charge in [-0.3, -0.25) is 0 Å². The van der Waals surface area contributed by atoms with E-state index in [0.29, 0.717) is 10.6 Å². The highest BCUT2D eigenvalue weighted by Gasteiger charge is 2.12. The largest absolute Gasteiger partial charge is 0.504 e. The van der Waals surface area contributed by atoms with Crippen LogP contribution in [0.15, 0.2) is 30.3 Å². The Balaban J connectivity index is 2.25. The molecule has 0 atom stereocenters. The zero-order chi connectivity index (χ0) is 14.7. The summed E-state index contributed by atoms with van der Waals surface area (Å²) in [5.41, 5.74) is 0.114. The fourth-order valence-electron chi connectivity index (χ4n) is 1.77. The normalized spacial score (nSPS) is 10.4. The van der Waals surface area contributed by atoms with Gasteiger partial charge in [0.25, 0.3) is 0 Å². The van der Waals surface area contributed by atoms with Gasteiger partial charge in [-0.25, -0.2) is 8.78 Å². The van der Waals surface area contributed by atoms with Crippen molar-refractivity contribution < 1.29 is 18.6 Å². The maximum Gasteiger partial charge on any atom is 0.162 e. The van der Waals surface area contributed by atoms with Crippen molar-refractivity contribution in [2.24, 2.45) is 0 Å². The molecule has 2 aromatic rings. The highest BCUT2D eigenvalue weighted by Crippen LogP contribution is 2.34. The van der Waals surface area contributed by atoms with E-state index >= 15 is 0 Å². The zero-order valence-corrected chi connectivity index (χ0v) is 11.3. The smallest absolute Gasteiger partial charge is 0.162 e. The minimum Gasteiger partial charge on any atom is -0.504 e. The Morgan fingerprint density at radius 3 is 2.50 bits per heavy atom. The maximum absolute atomic E-state index is 13.5. The number of hydrogen-bond donors (Lipinski definition) is 2. The maximum atomic E-state index is 13.5. The highest BCUT2D eigenvalue weighted by molar-refractivity contribution is 6.30. The fraction of sp³-hybridized carbons (Fsp3) is 0.143. The molecule has 0 spiro atoms. The minimum atomic E-state index is -0.710. The molecule has 0 bridgehead atoms. The molecule has 0 aromatic heterocycles. The number of para-hydroxylation sites is 1. The van der Waals surface area contributed by atoms with E-state index in [0.717, 1.165) is 12.1 Å². The highest BCUT2D eigenvalue weighted by atomic mass is 35.5. The van der Waals surface area contributed by atoms with Gasteiger partial charge in [0.2, 0.25) is 0 Å². The van der Waals surface area contributed by atoms with E-state index in [4.69, 9.17) is 16.3 Å². The summed E-state index contributed by atoms with van der Waals surface area (Å²) in [5, 5.41) is 12.9. The van der Waals surface area contributed by atoms with Gasteiger partial charge in [0.1, 0.15) is 17.3 Å². The molecule has 2 N–H and O–H groups in total. The Morgan fingerprint density at radius 2 is 1.90 bits per heavy atom. The van der Waals surface area contributed by atoms with Crippen LogP contribution < -0.4 is 10.1 Å². The van der Waals surface area contributed by atoms with Gasteiger partial charge in [0, 0.05) is 23.2 Å². The number of phenols is 1.